The first-order chi connectivity index (χ1) is 11.3. The molecule has 1 unspecified atom stereocenters. The molecule has 3 rings (SSSR count). The van der Waals surface area contributed by atoms with Gasteiger partial charge in [-0.3, -0.25) is 9.59 Å². The topological polar surface area (TPSA) is 78.1 Å². The third-order valence-electron chi connectivity index (χ3n) is 4.21. The molecule has 2 heterocycles. The molecule has 1 aliphatic rings. The molecular formula is C17H22N4O2S. The minimum atomic E-state index is -0.480. The van der Waals surface area contributed by atoms with Crippen LogP contribution in [0.1, 0.15) is 25.2 Å². The first-order valence-corrected chi connectivity index (χ1v) is 8.90. The summed E-state index contributed by atoms with van der Waals surface area (Å²) in [6, 6.07) is 5.53. The number of imidazole rings is 1. The number of H-pyrrole nitrogens is 1. The van der Waals surface area contributed by atoms with E-state index in [-0.39, 0.29) is 11.8 Å². The van der Waals surface area contributed by atoms with Gasteiger partial charge in [0.1, 0.15) is 11.9 Å². The van der Waals surface area contributed by atoms with E-state index in [0.717, 1.165) is 22.4 Å². The lowest BCUT2D eigenvalue weighted by molar-refractivity contribution is -0.136. The number of thioether (sulfide) groups is 1. The number of nitrogens with zero attached hydrogens (tertiary/aromatic N) is 2. The Morgan fingerprint density at radius 2 is 2.21 bits per heavy atom. The Bertz CT molecular complexity index is 799. The van der Waals surface area contributed by atoms with Crippen LogP contribution in [0, 0.1) is 6.92 Å². The summed E-state index contributed by atoms with van der Waals surface area (Å²) in [5.74, 6) is 1.13. The molecular weight excluding hydrogens is 324 g/mol. The molecule has 7 heteroatoms. The highest BCUT2D eigenvalue weighted by atomic mass is 32.2. The van der Waals surface area contributed by atoms with E-state index in [1.165, 1.54) is 11.8 Å². The third-order valence-corrected chi connectivity index (χ3v) is 5.62. The predicted octanol–water partition coefficient (Wildman–Crippen LogP) is 1.84. The SMILES string of the molecule is Cc1ccc2nc(CN(C)C(=O)C3CSC(C)(C)C(=O)N3)[nH]c2c1. The Morgan fingerprint density at radius 1 is 1.46 bits per heavy atom. The van der Waals surface area contributed by atoms with E-state index in [1.54, 1.807) is 11.9 Å². The van der Waals surface area contributed by atoms with Gasteiger partial charge in [-0.2, -0.15) is 0 Å². The van der Waals surface area contributed by atoms with Crippen molar-refractivity contribution in [2.75, 3.05) is 12.8 Å². The molecule has 1 aromatic carbocycles. The minimum Gasteiger partial charge on any atom is -0.342 e. The zero-order chi connectivity index (χ0) is 17.5. The molecule has 128 valence electrons. The van der Waals surface area contributed by atoms with Crippen molar-refractivity contribution in [3.05, 3.63) is 29.6 Å². The van der Waals surface area contributed by atoms with Gasteiger partial charge in [-0.05, 0) is 38.5 Å². The standard InChI is InChI=1S/C17H22N4O2S/c1-10-5-6-11-12(7-10)19-14(18-11)8-21(4)15(22)13-9-24-17(2,3)16(23)20-13/h5-7,13H,8-9H2,1-4H3,(H,18,19)(H,20,23). The van der Waals surface area contributed by atoms with Crippen LogP contribution in [0.3, 0.4) is 0 Å². The van der Waals surface area contributed by atoms with Crippen LogP contribution in [0.5, 0.6) is 0 Å². The highest BCUT2D eigenvalue weighted by molar-refractivity contribution is 8.01. The van der Waals surface area contributed by atoms with E-state index < -0.39 is 10.8 Å². The van der Waals surface area contributed by atoms with Crippen LogP contribution in [0.15, 0.2) is 18.2 Å². The zero-order valence-electron chi connectivity index (χ0n) is 14.3. The monoisotopic (exact) mass is 346 g/mol. The van der Waals surface area contributed by atoms with E-state index in [2.05, 4.69) is 15.3 Å². The summed E-state index contributed by atoms with van der Waals surface area (Å²) in [5, 5.41) is 2.83. The molecule has 0 bridgehead atoms. The number of carbonyl (C=O) groups is 2. The maximum absolute atomic E-state index is 12.6. The van der Waals surface area contributed by atoms with Crippen LogP contribution in [-0.2, 0) is 16.1 Å². The number of rotatable bonds is 3. The molecule has 2 aromatic rings. The summed E-state index contributed by atoms with van der Waals surface area (Å²) in [5.41, 5.74) is 3.01. The van der Waals surface area contributed by atoms with Gasteiger partial charge in [0.2, 0.25) is 11.8 Å². The van der Waals surface area contributed by atoms with Crippen LogP contribution < -0.4 is 5.32 Å². The van der Waals surface area contributed by atoms with Crippen LogP contribution in [0.2, 0.25) is 0 Å². The Morgan fingerprint density at radius 3 is 2.92 bits per heavy atom. The third kappa shape index (κ3) is 3.26. The lowest BCUT2D eigenvalue weighted by atomic mass is 10.1. The molecule has 0 aliphatic carbocycles. The Labute approximate surface area is 145 Å². The molecule has 2 N–H and O–H groups in total. The largest absolute Gasteiger partial charge is 0.342 e. The van der Waals surface area contributed by atoms with Gasteiger partial charge in [-0.1, -0.05) is 6.07 Å². The average Bonchev–Trinajstić information content (AvgIpc) is 2.90. The van der Waals surface area contributed by atoms with Gasteiger partial charge in [0, 0.05) is 12.8 Å². The number of hydrogen-bond acceptors (Lipinski definition) is 4. The van der Waals surface area contributed by atoms with Crippen LogP contribution in [0.25, 0.3) is 11.0 Å². The Kier molecular flexibility index (Phi) is 4.29. The number of nitrogens with one attached hydrogen (secondary N) is 2. The quantitative estimate of drug-likeness (QED) is 0.889. The number of aromatic amines is 1. The van der Waals surface area contributed by atoms with E-state index in [0.29, 0.717) is 12.3 Å². The van der Waals surface area contributed by atoms with Crippen molar-refractivity contribution >= 4 is 34.6 Å². The second-order valence-electron chi connectivity index (χ2n) is 6.75. The zero-order valence-corrected chi connectivity index (χ0v) is 15.2. The summed E-state index contributed by atoms with van der Waals surface area (Å²) in [6.45, 7) is 6.15. The lowest BCUT2D eigenvalue weighted by Crippen LogP contribution is -2.57. The van der Waals surface area contributed by atoms with E-state index in [9.17, 15) is 9.59 Å². The van der Waals surface area contributed by atoms with Gasteiger partial charge in [0.25, 0.3) is 0 Å². The maximum atomic E-state index is 12.6. The molecule has 2 amide bonds. The van der Waals surface area contributed by atoms with Crippen molar-refractivity contribution in [3.8, 4) is 0 Å². The second-order valence-corrected chi connectivity index (χ2v) is 8.39. The fraction of sp³-hybridized carbons (Fsp3) is 0.471. The normalized spacial score (nSPS) is 20.0. The number of aryl methyl sites for hydroxylation is 1. The van der Waals surface area contributed by atoms with Crippen LogP contribution in [-0.4, -0.2) is 50.3 Å². The maximum Gasteiger partial charge on any atom is 0.246 e. The molecule has 1 aromatic heterocycles. The van der Waals surface area contributed by atoms with Crippen molar-refractivity contribution in [1.29, 1.82) is 0 Å². The van der Waals surface area contributed by atoms with Crippen LogP contribution in [0.4, 0.5) is 0 Å². The highest BCUT2D eigenvalue weighted by Gasteiger charge is 2.38. The molecule has 1 atom stereocenters. The number of hydrogen-bond donors (Lipinski definition) is 2. The van der Waals surface area contributed by atoms with E-state index in [1.807, 2.05) is 39.0 Å². The molecule has 1 saturated heterocycles. The van der Waals surface area contributed by atoms with Gasteiger partial charge >= 0.3 is 0 Å². The highest BCUT2D eigenvalue weighted by Crippen LogP contribution is 2.29. The van der Waals surface area contributed by atoms with E-state index >= 15 is 0 Å². The predicted molar refractivity (Wildman–Crippen MR) is 95.8 cm³/mol. The Hall–Kier alpha value is -2.02. The number of fused-ring (bicyclic) bond motifs is 1. The van der Waals surface area contributed by atoms with Crippen molar-refractivity contribution in [2.24, 2.45) is 0 Å². The first kappa shape index (κ1) is 16.8. The molecule has 0 radical (unpaired) electrons. The average molecular weight is 346 g/mol. The Balaban J connectivity index is 1.68. The number of benzene rings is 1. The lowest BCUT2D eigenvalue weighted by Gasteiger charge is -2.34. The van der Waals surface area contributed by atoms with E-state index in [4.69, 9.17) is 0 Å². The van der Waals surface area contributed by atoms with Crippen molar-refractivity contribution in [1.82, 2.24) is 20.2 Å². The molecule has 1 fully saturated rings. The molecule has 0 saturated carbocycles. The summed E-state index contributed by atoms with van der Waals surface area (Å²) < 4.78 is -0.480. The second kappa shape index (κ2) is 6.12. The molecule has 6 nitrogen and oxygen atoms in total. The number of carbonyl (C=O) groups excluding carboxylic acids is 2. The summed E-state index contributed by atoms with van der Waals surface area (Å²) in [6.07, 6.45) is 0. The van der Waals surface area contributed by atoms with Gasteiger partial charge in [0.05, 0.1) is 22.3 Å². The molecule has 0 spiro atoms. The van der Waals surface area contributed by atoms with Gasteiger partial charge in [-0.15, -0.1) is 11.8 Å². The minimum absolute atomic E-state index is 0.0929. The summed E-state index contributed by atoms with van der Waals surface area (Å²) in [4.78, 5) is 34.0. The number of likely N-dealkylation sites (N-methyl/N-ethyl adjacent to an activating group) is 1. The van der Waals surface area contributed by atoms with Crippen molar-refractivity contribution in [3.63, 3.8) is 0 Å². The summed E-state index contributed by atoms with van der Waals surface area (Å²) >= 11 is 1.51. The molecule has 1 aliphatic heterocycles. The van der Waals surface area contributed by atoms with Crippen molar-refractivity contribution in [2.45, 2.75) is 38.1 Å². The fourth-order valence-electron chi connectivity index (χ4n) is 2.68. The van der Waals surface area contributed by atoms with Gasteiger partial charge in [0.15, 0.2) is 0 Å². The summed E-state index contributed by atoms with van der Waals surface area (Å²) in [7, 11) is 1.73. The first-order valence-electron chi connectivity index (χ1n) is 7.91. The number of aromatic nitrogens is 2. The smallest absolute Gasteiger partial charge is 0.246 e. The number of amides is 2. The van der Waals surface area contributed by atoms with Gasteiger partial charge < -0.3 is 15.2 Å². The fourth-order valence-corrected chi connectivity index (χ4v) is 3.68. The molecule has 24 heavy (non-hydrogen) atoms. The van der Waals surface area contributed by atoms with Crippen molar-refractivity contribution < 1.29 is 9.59 Å². The van der Waals surface area contributed by atoms with Gasteiger partial charge in [-0.25, -0.2) is 4.98 Å². The van der Waals surface area contributed by atoms with Crippen LogP contribution >= 0.6 is 11.8 Å².